The van der Waals surface area contributed by atoms with Crippen LogP contribution < -0.4 is 4.74 Å². The maximum Gasteiger partial charge on any atom is 0.310 e. The summed E-state index contributed by atoms with van der Waals surface area (Å²) < 4.78 is 5.89. The zero-order valence-electron chi connectivity index (χ0n) is 18.6. The number of phenolic OH excluding ortho intramolecular Hbond substituents is 2. The van der Waals surface area contributed by atoms with E-state index in [4.69, 9.17) is 4.74 Å². The van der Waals surface area contributed by atoms with Crippen molar-refractivity contribution < 1.29 is 24.9 Å². The number of aromatic hydroxyl groups is 2. The van der Waals surface area contributed by atoms with Gasteiger partial charge < -0.3 is 20.1 Å². The fraction of sp³-hybridized carbons (Fsp3) is 0.370. The van der Waals surface area contributed by atoms with E-state index in [2.05, 4.69) is 0 Å². The van der Waals surface area contributed by atoms with Crippen LogP contribution in [0.15, 0.2) is 54.6 Å². The Hall–Kier alpha value is -3.21. The second kappa shape index (κ2) is 11.4. The van der Waals surface area contributed by atoms with E-state index in [1.807, 2.05) is 42.5 Å². The van der Waals surface area contributed by atoms with Gasteiger partial charge in [-0.2, -0.15) is 0 Å². The minimum Gasteiger partial charge on any atom is -0.504 e. The Balaban J connectivity index is 1.33. The van der Waals surface area contributed by atoms with Crippen LogP contribution in [0.5, 0.6) is 17.2 Å². The van der Waals surface area contributed by atoms with Crippen LogP contribution in [0.4, 0.5) is 0 Å². The number of phenols is 2. The highest BCUT2D eigenvalue weighted by Crippen LogP contribution is 2.29. The maximum absolute atomic E-state index is 11.2. The van der Waals surface area contributed by atoms with Gasteiger partial charge in [0.2, 0.25) is 0 Å². The topological polar surface area (TPSA) is 87.0 Å². The van der Waals surface area contributed by atoms with Crippen molar-refractivity contribution in [2.24, 2.45) is 0 Å². The van der Waals surface area contributed by atoms with Crippen molar-refractivity contribution in [1.29, 1.82) is 0 Å². The molecule has 0 saturated carbocycles. The molecular formula is C27H32O5. The molecule has 0 saturated heterocycles. The van der Waals surface area contributed by atoms with E-state index in [1.165, 1.54) is 6.07 Å². The molecule has 0 aliphatic carbocycles. The van der Waals surface area contributed by atoms with E-state index in [0.29, 0.717) is 6.61 Å². The van der Waals surface area contributed by atoms with Crippen LogP contribution in [-0.4, -0.2) is 27.9 Å². The standard InChI is InChI=1S/C27H32O5/c1-19(27(30)31)21-12-13-23-18-24(15-14-22(23)17-21)32-16-7-5-3-2-4-6-9-20-10-8-11-25(28)26(20)29/h8,10-15,17-19,28-29H,2-7,9,16H2,1H3,(H,30,31)/t19-/m0/s1. The van der Waals surface area contributed by atoms with Crippen molar-refractivity contribution in [3.8, 4) is 17.2 Å². The number of aryl methyl sites for hydroxylation is 1. The first-order valence-corrected chi connectivity index (χ1v) is 11.3. The third kappa shape index (κ3) is 6.39. The molecule has 3 aromatic rings. The van der Waals surface area contributed by atoms with Crippen molar-refractivity contribution in [2.75, 3.05) is 6.61 Å². The van der Waals surface area contributed by atoms with Crippen molar-refractivity contribution in [1.82, 2.24) is 0 Å². The molecule has 0 fully saturated rings. The van der Waals surface area contributed by atoms with Crippen LogP contribution in [0.1, 0.15) is 62.5 Å². The number of unbranched alkanes of at least 4 members (excludes halogenated alkanes) is 5. The second-order valence-electron chi connectivity index (χ2n) is 8.33. The summed E-state index contributed by atoms with van der Waals surface area (Å²) in [4.78, 5) is 11.2. The average Bonchev–Trinajstić information content (AvgIpc) is 2.79. The molecule has 170 valence electrons. The number of ether oxygens (including phenoxy) is 1. The molecule has 0 heterocycles. The number of carboxylic acids is 1. The lowest BCUT2D eigenvalue weighted by molar-refractivity contribution is -0.138. The molecule has 3 rings (SSSR count). The number of carboxylic acid groups (broad SMARTS) is 1. The molecule has 1 atom stereocenters. The zero-order valence-corrected chi connectivity index (χ0v) is 18.6. The Kier molecular flexibility index (Phi) is 8.37. The number of rotatable bonds is 12. The second-order valence-corrected chi connectivity index (χ2v) is 8.33. The van der Waals surface area contributed by atoms with Gasteiger partial charge in [-0.25, -0.2) is 0 Å². The van der Waals surface area contributed by atoms with E-state index >= 15 is 0 Å². The molecular weight excluding hydrogens is 404 g/mol. The molecule has 5 nitrogen and oxygen atoms in total. The molecule has 5 heteroatoms. The quantitative estimate of drug-likeness (QED) is 0.226. The van der Waals surface area contributed by atoms with Gasteiger partial charge in [-0.15, -0.1) is 0 Å². The van der Waals surface area contributed by atoms with Crippen LogP contribution in [0.25, 0.3) is 10.8 Å². The van der Waals surface area contributed by atoms with E-state index in [-0.39, 0.29) is 11.5 Å². The Labute approximate surface area is 189 Å². The predicted octanol–water partition coefficient (Wildman–Crippen LogP) is 6.40. The highest BCUT2D eigenvalue weighted by molar-refractivity contribution is 5.86. The Morgan fingerprint density at radius 3 is 2.34 bits per heavy atom. The minimum absolute atomic E-state index is 0.00796. The molecule has 0 bridgehead atoms. The van der Waals surface area contributed by atoms with Gasteiger partial charge in [-0.1, -0.05) is 62.1 Å². The van der Waals surface area contributed by atoms with E-state index < -0.39 is 11.9 Å². The molecule has 0 unspecified atom stereocenters. The normalized spacial score (nSPS) is 12.0. The molecule has 0 amide bonds. The van der Waals surface area contributed by atoms with E-state index in [9.17, 15) is 20.1 Å². The third-order valence-electron chi connectivity index (χ3n) is 5.91. The fourth-order valence-electron chi connectivity index (χ4n) is 3.84. The first kappa shape index (κ1) is 23.5. The largest absolute Gasteiger partial charge is 0.504 e. The number of hydrogen-bond acceptors (Lipinski definition) is 4. The van der Waals surface area contributed by atoms with Gasteiger partial charge >= 0.3 is 5.97 Å². The smallest absolute Gasteiger partial charge is 0.310 e. The molecule has 3 N–H and O–H groups in total. The zero-order chi connectivity index (χ0) is 22.9. The fourth-order valence-corrected chi connectivity index (χ4v) is 3.84. The summed E-state index contributed by atoms with van der Waals surface area (Å²) in [6.07, 6.45) is 7.29. The summed E-state index contributed by atoms with van der Waals surface area (Å²) >= 11 is 0. The number of benzene rings is 3. The highest BCUT2D eigenvalue weighted by Gasteiger charge is 2.13. The summed E-state index contributed by atoms with van der Waals surface area (Å²) in [6.45, 7) is 2.37. The lowest BCUT2D eigenvalue weighted by atomic mass is 9.98. The Morgan fingerprint density at radius 1 is 0.875 bits per heavy atom. The maximum atomic E-state index is 11.2. The van der Waals surface area contributed by atoms with Gasteiger partial charge in [-0.3, -0.25) is 4.79 Å². The van der Waals surface area contributed by atoms with Gasteiger partial charge in [0, 0.05) is 0 Å². The number of fused-ring (bicyclic) bond motifs is 1. The van der Waals surface area contributed by atoms with Crippen molar-refractivity contribution in [3.63, 3.8) is 0 Å². The number of hydrogen-bond donors (Lipinski definition) is 3. The number of carbonyl (C=O) groups is 1. The average molecular weight is 437 g/mol. The summed E-state index contributed by atoms with van der Waals surface area (Å²) in [5.74, 6) is -0.545. The minimum atomic E-state index is -0.819. The van der Waals surface area contributed by atoms with Crippen LogP contribution >= 0.6 is 0 Å². The van der Waals surface area contributed by atoms with Gasteiger partial charge in [0.1, 0.15) is 5.75 Å². The van der Waals surface area contributed by atoms with Crippen LogP contribution in [0.2, 0.25) is 0 Å². The Bertz CT molecular complexity index is 1040. The molecule has 0 radical (unpaired) electrons. The summed E-state index contributed by atoms with van der Waals surface area (Å²) in [6, 6.07) is 16.8. The van der Waals surface area contributed by atoms with Gasteiger partial charge in [-0.05, 0) is 66.3 Å². The highest BCUT2D eigenvalue weighted by atomic mass is 16.5. The van der Waals surface area contributed by atoms with Gasteiger partial charge in [0.15, 0.2) is 11.5 Å². The molecule has 0 spiro atoms. The van der Waals surface area contributed by atoms with E-state index in [1.54, 1.807) is 13.0 Å². The molecule has 32 heavy (non-hydrogen) atoms. The molecule has 3 aromatic carbocycles. The van der Waals surface area contributed by atoms with Crippen LogP contribution in [0.3, 0.4) is 0 Å². The van der Waals surface area contributed by atoms with Crippen molar-refractivity contribution in [2.45, 2.75) is 57.8 Å². The first-order valence-electron chi connectivity index (χ1n) is 11.3. The van der Waals surface area contributed by atoms with Crippen molar-refractivity contribution >= 4 is 16.7 Å². The van der Waals surface area contributed by atoms with Gasteiger partial charge in [0.25, 0.3) is 0 Å². The van der Waals surface area contributed by atoms with Crippen LogP contribution in [-0.2, 0) is 11.2 Å². The SMILES string of the molecule is C[C@H](C(=O)O)c1ccc2cc(OCCCCCCCCc3cccc(O)c3O)ccc2c1. The summed E-state index contributed by atoms with van der Waals surface area (Å²) in [5, 5.41) is 30.6. The van der Waals surface area contributed by atoms with Gasteiger partial charge in [0.05, 0.1) is 12.5 Å². The summed E-state index contributed by atoms with van der Waals surface area (Å²) in [7, 11) is 0. The predicted molar refractivity (Wildman–Crippen MR) is 127 cm³/mol. The van der Waals surface area contributed by atoms with E-state index in [0.717, 1.165) is 72.6 Å². The number of aliphatic carboxylic acids is 1. The summed E-state index contributed by atoms with van der Waals surface area (Å²) in [5.41, 5.74) is 1.61. The lowest BCUT2D eigenvalue weighted by Crippen LogP contribution is -2.07. The monoisotopic (exact) mass is 436 g/mol. The molecule has 0 aromatic heterocycles. The Morgan fingerprint density at radius 2 is 1.56 bits per heavy atom. The van der Waals surface area contributed by atoms with Crippen LogP contribution in [0, 0.1) is 0 Å². The first-order chi connectivity index (χ1) is 15.5. The third-order valence-corrected chi connectivity index (χ3v) is 5.91. The molecule has 0 aliphatic heterocycles. The lowest BCUT2D eigenvalue weighted by Gasteiger charge is -2.10. The van der Waals surface area contributed by atoms with Crippen molar-refractivity contribution in [3.05, 3.63) is 65.7 Å². The molecule has 0 aliphatic rings. The number of para-hydroxylation sites is 1.